The summed E-state index contributed by atoms with van der Waals surface area (Å²) in [6.07, 6.45) is 5.12. The minimum atomic E-state index is 0.864. The highest BCUT2D eigenvalue weighted by Crippen LogP contribution is 2.24. The van der Waals surface area contributed by atoms with Gasteiger partial charge in [0, 0.05) is 37.4 Å². The van der Waals surface area contributed by atoms with Gasteiger partial charge in [-0.3, -0.25) is 4.90 Å². The molecule has 5 heteroatoms. The maximum Gasteiger partial charge on any atom is 0.132 e. The van der Waals surface area contributed by atoms with E-state index < -0.39 is 0 Å². The molecule has 0 atom stereocenters. The summed E-state index contributed by atoms with van der Waals surface area (Å²) in [4.78, 5) is 11.1. The first-order chi connectivity index (χ1) is 8.93. The van der Waals surface area contributed by atoms with Crippen LogP contribution in [0.3, 0.4) is 0 Å². The standard InChI is InChI=1S/C13H20N4O/c1-2-11-12(3-1)15-10-16-13(11)14-4-5-17-6-8-18-9-7-17/h10H,1-9H2,(H,14,15,16). The van der Waals surface area contributed by atoms with Crippen LogP contribution in [-0.4, -0.2) is 54.3 Å². The molecule has 0 amide bonds. The Balaban J connectivity index is 1.52. The molecule has 2 aliphatic rings. The number of ether oxygens (including phenoxy) is 1. The molecule has 1 fully saturated rings. The maximum atomic E-state index is 5.34. The average molecular weight is 248 g/mol. The number of hydrogen-bond acceptors (Lipinski definition) is 5. The first-order valence-corrected chi connectivity index (χ1v) is 6.80. The van der Waals surface area contributed by atoms with Crippen LogP contribution in [0.15, 0.2) is 6.33 Å². The molecule has 0 spiro atoms. The molecule has 1 saturated heterocycles. The predicted molar refractivity (Wildman–Crippen MR) is 69.8 cm³/mol. The van der Waals surface area contributed by atoms with E-state index in [9.17, 15) is 0 Å². The third-order valence-corrected chi connectivity index (χ3v) is 3.70. The summed E-state index contributed by atoms with van der Waals surface area (Å²) in [7, 11) is 0. The van der Waals surface area contributed by atoms with E-state index in [4.69, 9.17) is 4.74 Å². The Labute approximate surface area is 108 Å². The van der Waals surface area contributed by atoms with E-state index in [1.807, 2.05) is 0 Å². The highest BCUT2D eigenvalue weighted by atomic mass is 16.5. The first-order valence-electron chi connectivity index (χ1n) is 6.80. The second-order valence-electron chi connectivity index (χ2n) is 4.88. The molecule has 1 aliphatic heterocycles. The van der Waals surface area contributed by atoms with Crippen molar-refractivity contribution >= 4 is 5.82 Å². The third kappa shape index (κ3) is 2.62. The number of aryl methyl sites for hydroxylation is 1. The zero-order chi connectivity index (χ0) is 12.2. The van der Waals surface area contributed by atoms with Gasteiger partial charge in [0.2, 0.25) is 0 Å². The van der Waals surface area contributed by atoms with Crippen molar-refractivity contribution in [3.05, 3.63) is 17.6 Å². The largest absolute Gasteiger partial charge is 0.379 e. The van der Waals surface area contributed by atoms with E-state index in [0.29, 0.717) is 0 Å². The molecule has 98 valence electrons. The van der Waals surface area contributed by atoms with Crippen molar-refractivity contribution in [3.8, 4) is 0 Å². The Hall–Kier alpha value is -1.20. The molecular formula is C13H20N4O. The van der Waals surface area contributed by atoms with Crippen LogP contribution in [0.25, 0.3) is 0 Å². The van der Waals surface area contributed by atoms with Gasteiger partial charge in [0.05, 0.1) is 13.2 Å². The Bertz CT molecular complexity index is 404. The number of fused-ring (bicyclic) bond motifs is 1. The zero-order valence-corrected chi connectivity index (χ0v) is 10.7. The first kappa shape index (κ1) is 11.9. The van der Waals surface area contributed by atoms with Crippen LogP contribution in [0.1, 0.15) is 17.7 Å². The summed E-state index contributed by atoms with van der Waals surface area (Å²) in [5.74, 6) is 1.05. The van der Waals surface area contributed by atoms with Crippen molar-refractivity contribution in [2.45, 2.75) is 19.3 Å². The normalized spacial score (nSPS) is 19.8. The fraction of sp³-hybridized carbons (Fsp3) is 0.692. The SMILES string of the molecule is c1nc2c(c(NCCN3CCOCC3)n1)CCC2. The number of morpholine rings is 1. The van der Waals surface area contributed by atoms with Gasteiger partial charge in [-0.05, 0) is 19.3 Å². The molecule has 0 aromatic carbocycles. The maximum absolute atomic E-state index is 5.34. The summed E-state index contributed by atoms with van der Waals surface area (Å²) >= 11 is 0. The number of aromatic nitrogens is 2. The molecule has 2 heterocycles. The molecule has 0 bridgehead atoms. The predicted octanol–water partition coefficient (Wildman–Crippen LogP) is 0.709. The van der Waals surface area contributed by atoms with E-state index in [0.717, 1.165) is 58.1 Å². The highest BCUT2D eigenvalue weighted by molar-refractivity contribution is 5.47. The van der Waals surface area contributed by atoms with E-state index in [1.165, 1.54) is 17.7 Å². The lowest BCUT2D eigenvalue weighted by Gasteiger charge is -2.26. The summed E-state index contributed by atoms with van der Waals surface area (Å²) in [6.45, 7) is 5.82. The van der Waals surface area contributed by atoms with Gasteiger partial charge in [-0.1, -0.05) is 0 Å². The molecule has 1 aliphatic carbocycles. The molecule has 1 aromatic heterocycles. The Morgan fingerprint density at radius 1 is 1.22 bits per heavy atom. The Morgan fingerprint density at radius 3 is 3.00 bits per heavy atom. The monoisotopic (exact) mass is 248 g/mol. The Morgan fingerprint density at radius 2 is 2.11 bits per heavy atom. The lowest BCUT2D eigenvalue weighted by Crippen LogP contribution is -2.39. The molecular weight excluding hydrogens is 228 g/mol. The summed E-state index contributed by atoms with van der Waals surface area (Å²) in [5, 5.41) is 3.46. The van der Waals surface area contributed by atoms with E-state index in [2.05, 4.69) is 20.2 Å². The Kier molecular flexibility index (Phi) is 3.71. The van der Waals surface area contributed by atoms with Crippen molar-refractivity contribution < 1.29 is 4.74 Å². The summed E-state index contributed by atoms with van der Waals surface area (Å²) in [6, 6.07) is 0. The van der Waals surface area contributed by atoms with Crippen LogP contribution in [-0.2, 0) is 17.6 Å². The van der Waals surface area contributed by atoms with Crippen molar-refractivity contribution in [1.29, 1.82) is 0 Å². The van der Waals surface area contributed by atoms with Crippen LogP contribution in [0.5, 0.6) is 0 Å². The van der Waals surface area contributed by atoms with Gasteiger partial charge in [-0.25, -0.2) is 9.97 Å². The minimum absolute atomic E-state index is 0.864. The topological polar surface area (TPSA) is 50.3 Å². The quantitative estimate of drug-likeness (QED) is 0.850. The van der Waals surface area contributed by atoms with E-state index in [-0.39, 0.29) is 0 Å². The van der Waals surface area contributed by atoms with Crippen molar-refractivity contribution in [2.24, 2.45) is 0 Å². The number of nitrogens with zero attached hydrogens (tertiary/aromatic N) is 3. The lowest BCUT2D eigenvalue weighted by molar-refractivity contribution is 0.0398. The average Bonchev–Trinajstić information content (AvgIpc) is 2.89. The number of anilines is 1. The molecule has 5 nitrogen and oxygen atoms in total. The molecule has 1 N–H and O–H groups in total. The van der Waals surface area contributed by atoms with Crippen LogP contribution < -0.4 is 5.32 Å². The fourth-order valence-corrected chi connectivity index (χ4v) is 2.67. The minimum Gasteiger partial charge on any atom is -0.379 e. The van der Waals surface area contributed by atoms with Crippen LogP contribution in [0, 0.1) is 0 Å². The van der Waals surface area contributed by atoms with E-state index >= 15 is 0 Å². The van der Waals surface area contributed by atoms with E-state index in [1.54, 1.807) is 6.33 Å². The molecule has 0 saturated carbocycles. The zero-order valence-electron chi connectivity index (χ0n) is 10.7. The summed E-state index contributed by atoms with van der Waals surface area (Å²) < 4.78 is 5.34. The molecule has 3 rings (SSSR count). The van der Waals surface area contributed by atoms with Gasteiger partial charge in [-0.15, -0.1) is 0 Å². The molecule has 1 aromatic rings. The van der Waals surface area contributed by atoms with Crippen molar-refractivity contribution in [2.75, 3.05) is 44.7 Å². The molecule has 18 heavy (non-hydrogen) atoms. The number of hydrogen-bond donors (Lipinski definition) is 1. The third-order valence-electron chi connectivity index (χ3n) is 3.70. The number of rotatable bonds is 4. The van der Waals surface area contributed by atoms with Crippen LogP contribution in [0.2, 0.25) is 0 Å². The highest BCUT2D eigenvalue weighted by Gasteiger charge is 2.17. The van der Waals surface area contributed by atoms with Crippen LogP contribution >= 0.6 is 0 Å². The second kappa shape index (κ2) is 5.63. The molecule has 0 unspecified atom stereocenters. The van der Waals surface area contributed by atoms with Crippen LogP contribution in [0.4, 0.5) is 5.82 Å². The smallest absolute Gasteiger partial charge is 0.132 e. The van der Waals surface area contributed by atoms with Gasteiger partial charge >= 0.3 is 0 Å². The second-order valence-corrected chi connectivity index (χ2v) is 4.88. The summed E-state index contributed by atoms with van der Waals surface area (Å²) in [5.41, 5.74) is 2.57. The van der Waals surface area contributed by atoms with Gasteiger partial charge in [0.15, 0.2) is 0 Å². The van der Waals surface area contributed by atoms with Crippen molar-refractivity contribution in [3.63, 3.8) is 0 Å². The van der Waals surface area contributed by atoms with Gasteiger partial charge < -0.3 is 10.1 Å². The number of nitrogens with one attached hydrogen (secondary N) is 1. The van der Waals surface area contributed by atoms with Gasteiger partial charge in [0.1, 0.15) is 12.1 Å². The van der Waals surface area contributed by atoms with Gasteiger partial charge in [0.25, 0.3) is 0 Å². The molecule has 0 radical (unpaired) electrons. The fourth-order valence-electron chi connectivity index (χ4n) is 2.67. The van der Waals surface area contributed by atoms with Gasteiger partial charge in [-0.2, -0.15) is 0 Å². The van der Waals surface area contributed by atoms with Crippen molar-refractivity contribution in [1.82, 2.24) is 14.9 Å². The lowest BCUT2D eigenvalue weighted by atomic mass is 10.2.